The highest BCUT2D eigenvalue weighted by Gasteiger charge is 2.26. The molecule has 0 fully saturated rings. The van der Waals surface area contributed by atoms with E-state index in [1.54, 1.807) is 18.7 Å². The van der Waals surface area contributed by atoms with Gasteiger partial charge in [0, 0.05) is 22.2 Å². The molecule has 0 bridgehead atoms. The first-order valence-electron chi connectivity index (χ1n) is 6.41. The molecule has 0 saturated heterocycles. The van der Waals surface area contributed by atoms with Crippen LogP contribution in [0.15, 0.2) is 29.2 Å². The maximum Gasteiger partial charge on any atom is 0.239 e. The van der Waals surface area contributed by atoms with Crippen LogP contribution >= 0.6 is 35.8 Å². The lowest BCUT2D eigenvalue weighted by molar-refractivity contribution is -0.125. The normalized spacial score (nSPS) is 13.2. The second kappa shape index (κ2) is 9.50. The van der Waals surface area contributed by atoms with Crippen LogP contribution in [0.5, 0.6) is 0 Å². The van der Waals surface area contributed by atoms with Gasteiger partial charge in [0.15, 0.2) is 0 Å². The molecule has 1 unspecified atom stereocenters. The molecule has 1 atom stereocenters. The summed E-state index contributed by atoms with van der Waals surface area (Å²) in [5, 5.41) is 3.61. The van der Waals surface area contributed by atoms with E-state index in [1.807, 2.05) is 31.2 Å². The van der Waals surface area contributed by atoms with Crippen LogP contribution in [0.2, 0.25) is 5.02 Å². The fourth-order valence-electron chi connectivity index (χ4n) is 1.70. The van der Waals surface area contributed by atoms with Gasteiger partial charge in [-0.3, -0.25) is 4.79 Å². The maximum absolute atomic E-state index is 11.8. The van der Waals surface area contributed by atoms with Crippen molar-refractivity contribution in [3.8, 4) is 0 Å². The molecule has 0 aliphatic rings. The van der Waals surface area contributed by atoms with Crippen LogP contribution in [-0.4, -0.2) is 23.7 Å². The minimum absolute atomic E-state index is 0. The van der Waals surface area contributed by atoms with E-state index in [1.165, 1.54) is 0 Å². The Morgan fingerprint density at radius 1 is 1.40 bits per heavy atom. The van der Waals surface area contributed by atoms with Crippen molar-refractivity contribution in [1.29, 1.82) is 0 Å². The number of carbonyl (C=O) groups excluding carboxylic acids is 1. The Morgan fingerprint density at radius 2 is 2.00 bits per heavy atom. The van der Waals surface area contributed by atoms with Crippen LogP contribution in [0.3, 0.4) is 0 Å². The third kappa shape index (κ3) is 6.84. The molecule has 0 saturated carbocycles. The Morgan fingerprint density at radius 3 is 2.55 bits per heavy atom. The van der Waals surface area contributed by atoms with E-state index < -0.39 is 5.54 Å². The lowest BCUT2D eigenvalue weighted by Gasteiger charge is -2.22. The molecule has 0 radical (unpaired) electrons. The van der Waals surface area contributed by atoms with Crippen molar-refractivity contribution in [3.63, 3.8) is 0 Å². The molecule has 0 aliphatic carbocycles. The third-order valence-corrected chi connectivity index (χ3v) is 4.02. The summed E-state index contributed by atoms with van der Waals surface area (Å²) in [5.41, 5.74) is 5.18. The van der Waals surface area contributed by atoms with Gasteiger partial charge in [-0.1, -0.05) is 24.9 Å². The lowest BCUT2D eigenvalue weighted by atomic mass is 9.97. The van der Waals surface area contributed by atoms with Crippen LogP contribution < -0.4 is 11.1 Å². The van der Waals surface area contributed by atoms with E-state index in [-0.39, 0.29) is 18.3 Å². The van der Waals surface area contributed by atoms with Gasteiger partial charge in [0.25, 0.3) is 0 Å². The number of nitrogens with one attached hydrogen (secondary N) is 1. The summed E-state index contributed by atoms with van der Waals surface area (Å²) in [5.74, 6) is 0.737. The summed E-state index contributed by atoms with van der Waals surface area (Å²) in [7, 11) is 0. The van der Waals surface area contributed by atoms with Gasteiger partial charge < -0.3 is 11.1 Å². The van der Waals surface area contributed by atoms with Crippen LogP contribution in [0.25, 0.3) is 0 Å². The molecule has 1 rings (SSSR count). The van der Waals surface area contributed by atoms with Crippen molar-refractivity contribution in [2.45, 2.75) is 37.1 Å². The third-order valence-electron chi connectivity index (χ3n) is 2.76. The molecule has 114 valence electrons. The highest BCUT2D eigenvalue weighted by Crippen LogP contribution is 2.19. The highest BCUT2D eigenvalue weighted by molar-refractivity contribution is 7.99. The largest absolute Gasteiger partial charge is 0.354 e. The standard InChI is InChI=1S/C14H21ClN2OS.ClH/c1-3-8-14(2,16)13(18)17-9-10-19-12-6-4-11(15)5-7-12;/h4-7H,3,8-10,16H2,1-2H3,(H,17,18);1H. The first-order valence-corrected chi connectivity index (χ1v) is 7.77. The number of thioether (sulfide) groups is 1. The topological polar surface area (TPSA) is 55.1 Å². The maximum atomic E-state index is 11.8. The lowest BCUT2D eigenvalue weighted by Crippen LogP contribution is -2.51. The van der Waals surface area contributed by atoms with Crippen LogP contribution in [-0.2, 0) is 4.79 Å². The zero-order valence-electron chi connectivity index (χ0n) is 11.8. The molecule has 20 heavy (non-hydrogen) atoms. The molecule has 0 aromatic heterocycles. The number of benzene rings is 1. The Labute approximate surface area is 136 Å². The van der Waals surface area contributed by atoms with Crippen molar-refractivity contribution in [2.75, 3.05) is 12.3 Å². The summed E-state index contributed by atoms with van der Waals surface area (Å²) in [6, 6.07) is 7.67. The molecule has 1 aromatic rings. The average molecular weight is 337 g/mol. The van der Waals surface area contributed by atoms with E-state index in [0.717, 1.165) is 22.1 Å². The van der Waals surface area contributed by atoms with Gasteiger partial charge in [0.05, 0.1) is 5.54 Å². The van der Waals surface area contributed by atoms with Crippen molar-refractivity contribution >= 4 is 41.7 Å². The van der Waals surface area contributed by atoms with Gasteiger partial charge in [0.2, 0.25) is 5.91 Å². The summed E-state index contributed by atoms with van der Waals surface area (Å²) >= 11 is 7.50. The van der Waals surface area contributed by atoms with Crippen molar-refractivity contribution in [3.05, 3.63) is 29.3 Å². The fraction of sp³-hybridized carbons (Fsp3) is 0.500. The van der Waals surface area contributed by atoms with Crippen LogP contribution in [0, 0.1) is 0 Å². The number of rotatable bonds is 7. The number of hydrogen-bond donors (Lipinski definition) is 2. The van der Waals surface area contributed by atoms with Gasteiger partial charge >= 0.3 is 0 Å². The Hall–Kier alpha value is -0.420. The number of carbonyl (C=O) groups is 1. The molecule has 1 aromatic carbocycles. The van der Waals surface area contributed by atoms with Crippen molar-refractivity contribution in [2.24, 2.45) is 5.73 Å². The quantitative estimate of drug-likeness (QED) is 0.592. The summed E-state index contributed by atoms with van der Waals surface area (Å²) in [6.07, 6.45) is 1.60. The van der Waals surface area contributed by atoms with E-state index in [4.69, 9.17) is 17.3 Å². The number of nitrogens with two attached hydrogens (primary N) is 1. The van der Waals surface area contributed by atoms with Gasteiger partial charge in [-0.25, -0.2) is 0 Å². The number of hydrogen-bond acceptors (Lipinski definition) is 3. The fourth-order valence-corrected chi connectivity index (χ4v) is 2.59. The summed E-state index contributed by atoms with van der Waals surface area (Å²) in [6.45, 7) is 4.41. The van der Waals surface area contributed by atoms with Crippen molar-refractivity contribution in [1.82, 2.24) is 5.32 Å². The van der Waals surface area contributed by atoms with Gasteiger partial charge in [-0.05, 0) is 37.6 Å². The zero-order chi connectivity index (χ0) is 14.3. The Bertz CT molecular complexity index is 410. The predicted octanol–water partition coefficient (Wildman–Crippen LogP) is 3.49. The molecular formula is C14H22Cl2N2OS. The highest BCUT2D eigenvalue weighted by atomic mass is 35.5. The first-order chi connectivity index (χ1) is 8.95. The minimum Gasteiger partial charge on any atom is -0.354 e. The second-order valence-corrected chi connectivity index (χ2v) is 6.33. The summed E-state index contributed by atoms with van der Waals surface area (Å²) < 4.78 is 0. The molecule has 1 amide bonds. The average Bonchev–Trinajstić information content (AvgIpc) is 2.36. The van der Waals surface area contributed by atoms with Crippen molar-refractivity contribution < 1.29 is 4.79 Å². The summed E-state index contributed by atoms with van der Waals surface area (Å²) in [4.78, 5) is 13.0. The van der Waals surface area contributed by atoms with Gasteiger partial charge in [-0.15, -0.1) is 24.2 Å². The molecule has 0 spiro atoms. The van der Waals surface area contributed by atoms with Crippen LogP contribution in [0.1, 0.15) is 26.7 Å². The molecule has 0 heterocycles. The molecule has 3 N–H and O–H groups in total. The van der Waals surface area contributed by atoms with E-state index in [0.29, 0.717) is 13.0 Å². The second-order valence-electron chi connectivity index (χ2n) is 4.73. The monoisotopic (exact) mass is 336 g/mol. The van der Waals surface area contributed by atoms with Gasteiger partial charge in [0.1, 0.15) is 0 Å². The molecule has 6 heteroatoms. The smallest absolute Gasteiger partial charge is 0.239 e. The zero-order valence-corrected chi connectivity index (χ0v) is 14.2. The minimum atomic E-state index is -0.764. The molecule has 0 aliphatic heterocycles. The molecular weight excluding hydrogens is 315 g/mol. The van der Waals surface area contributed by atoms with Gasteiger partial charge in [-0.2, -0.15) is 0 Å². The van der Waals surface area contributed by atoms with E-state index >= 15 is 0 Å². The number of amides is 1. The SMILES string of the molecule is CCCC(C)(N)C(=O)NCCSc1ccc(Cl)cc1.Cl. The molecule has 3 nitrogen and oxygen atoms in total. The van der Waals surface area contributed by atoms with E-state index in [2.05, 4.69) is 5.32 Å². The Balaban J connectivity index is 0.00000361. The number of halogens is 2. The Kier molecular flexibility index (Phi) is 9.30. The van der Waals surface area contributed by atoms with Crippen LogP contribution in [0.4, 0.5) is 0 Å². The van der Waals surface area contributed by atoms with E-state index in [9.17, 15) is 4.79 Å². The predicted molar refractivity (Wildman–Crippen MR) is 89.9 cm³/mol. The first kappa shape index (κ1) is 19.6.